The first-order chi connectivity index (χ1) is 13.0. The largest absolute Gasteiger partial charge is 0.493 e. The van der Waals surface area contributed by atoms with Gasteiger partial charge in [0.15, 0.2) is 11.5 Å². The molecule has 2 aromatic carbocycles. The van der Waals surface area contributed by atoms with Gasteiger partial charge in [-0.3, -0.25) is 9.59 Å². The summed E-state index contributed by atoms with van der Waals surface area (Å²) in [5, 5.41) is 2.83. The lowest BCUT2D eigenvalue weighted by molar-refractivity contribution is -0.122. The summed E-state index contributed by atoms with van der Waals surface area (Å²) in [6.07, 6.45) is 5.53. The zero-order valence-electron chi connectivity index (χ0n) is 15.2. The highest BCUT2D eigenvalue weighted by Crippen LogP contribution is 2.34. The van der Waals surface area contributed by atoms with Gasteiger partial charge >= 0.3 is 0 Å². The smallest absolute Gasteiger partial charge is 0.229 e. The molecule has 138 valence electrons. The Hall–Kier alpha value is -3.46. The van der Waals surface area contributed by atoms with Gasteiger partial charge in [-0.2, -0.15) is 0 Å². The number of hydrogen-bond donors (Lipinski definition) is 1. The van der Waals surface area contributed by atoms with Crippen LogP contribution in [0.4, 0.5) is 11.4 Å². The predicted molar refractivity (Wildman–Crippen MR) is 103 cm³/mol. The maximum Gasteiger partial charge on any atom is 0.229 e. The van der Waals surface area contributed by atoms with Gasteiger partial charge in [0.25, 0.3) is 0 Å². The summed E-state index contributed by atoms with van der Waals surface area (Å²) in [5.41, 5.74) is 1.97. The summed E-state index contributed by atoms with van der Waals surface area (Å²) >= 11 is 0. The molecular weight excluding hydrogens is 344 g/mol. The van der Waals surface area contributed by atoms with Gasteiger partial charge < -0.3 is 19.7 Å². The van der Waals surface area contributed by atoms with E-state index in [2.05, 4.69) is 11.2 Å². The molecule has 2 amide bonds. The van der Waals surface area contributed by atoms with E-state index in [4.69, 9.17) is 15.9 Å². The van der Waals surface area contributed by atoms with Crippen molar-refractivity contribution in [3.63, 3.8) is 0 Å². The predicted octanol–water partition coefficient (Wildman–Crippen LogP) is 2.68. The van der Waals surface area contributed by atoms with Crippen LogP contribution in [-0.2, 0) is 9.59 Å². The quantitative estimate of drug-likeness (QED) is 0.829. The van der Waals surface area contributed by atoms with E-state index in [1.807, 2.05) is 0 Å². The first-order valence-corrected chi connectivity index (χ1v) is 8.45. The van der Waals surface area contributed by atoms with E-state index < -0.39 is 5.92 Å². The molecule has 6 nitrogen and oxygen atoms in total. The van der Waals surface area contributed by atoms with E-state index in [1.165, 1.54) is 7.11 Å². The molecule has 0 radical (unpaired) electrons. The van der Waals surface area contributed by atoms with Crippen molar-refractivity contribution in [2.45, 2.75) is 6.42 Å². The third kappa shape index (κ3) is 3.87. The number of hydrogen-bond acceptors (Lipinski definition) is 4. The van der Waals surface area contributed by atoms with Crippen molar-refractivity contribution in [2.24, 2.45) is 5.92 Å². The molecule has 1 saturated heterocycles. The molecule has 0 aliphatic carbocycles. The van der Waals surface area contributed by atoms with Crippen LogP contribution < -0.4 is 19.7 Å². The van der Waals surface area contributed by atoms with E-state index in [9.17, 15) is 9.59 Å². The lowest BCUT2D eigenvalue weighted by Crippen LogP contribution is -2.28. The van der Waals surface area contributed by atoms with Crippen molar-refractivity contribution in [1.29, 1.82) is 0 Å². The molecule has 1 aliphatic rings. The Morgan fingerprint density at radius 3 is 2.67 bits per heavy atom. The molecule has 1 atom stereocenters. The Labute approximate surface area is 158 Å². The Morgan fingerprint density at radius 1 is 1.19 bits per heavy atom. The Kier molecular flexibility index (Phi) is 5.32. The van der Waals surface area contributed by atoms with Crippen molar-refractivity contribution >= 4 is 23.2 Å². The van der Waals surface area contributed by atoms with Gasteiger partial charge in [-0.25, -0.2) is 0 Å². The van der Waals surface area contributed by atoms with E-state index in [0.717, 1.165) is 0 Å². The second-order valence-electron chi connectivity index (χ2n) is 6.16. The molecule has 1 N–H and O–H groups in total. The molecule has 0 bridgehead atoms. The number of nitrogens with zero attached hydrogens (tertiary/aromatic N) is 1. The van der Waals surface area contributed by atoms with Gasteiger partial charge in [0.1, 0.15) is 0 Å². The zero-order chi connectivity index (χ0) is 19.4. The van der Waals surface area contributed by atoms with Crippen LogP contribution in [0.25, 0.3) is 0 Å². The molecule has 1 aliphatic heterocycles. The van der Waals surface area contributed by atoms with Crippen LogP contribution in [0.3, 0.4) is 0 Å². The molecule has 0 unspecified atom stereocenters. The lowest BCUT2D eigenvalue weighted by Gasteiger charge is -2.18. The number of methoxy groups -OCH3 is 2. The highest BCUT2D eigenvalue weighted by atomic mass is 16.5. The van der Waals surface area contributed by atoms with Crippen LogP contribution in [0.5, 0.6) is 11.5 Å². The highest BCUT2D eigenvalue weighted by molar-refractivity contribution is 6.03. The Bertz CT molecular complexity index is 917. The fourth-order valence-electron chi connectivity index (χ4n) is 3.06. The SMILES string of the molecule is C#Cc1cccc(NC(=O)[C@H]2CC(=O)N(c3ccc(OC)c(OC)c3)C2)c1. The lowest BCUT2D eigenvalue weighted by atomic mass is 10.1. The standard InChI is InChI=1S/C21H20N2O4/c1-4-14-6-5-7-16(10-14)22-21(25)15-11-20(24)23(13-15)17-8-9-18(26-2)19(12-17)27-3/h1,5-10,12,15H,11,13H2,2-3H3,(H,22,25)/t15-/m0/s1. The van der Waals surface area contributed by atoms with Crippen molar-refractivity contribution < 1.29 is 19.1 Å². The number of carbonyl (C=O) groups excluding carboxylic acids is 2. The van der Waals surface area contributed by atoms with E-state index >= 15 is 0 Å². The van der Waals surface area contributed by atoms with Crippen LogP contribution in [0, 0.1) is 18.3 Å². The minimum absolute atomic E-state index is 0.111. The van der Waals surface area contributed by atoms with E-state index in [1.54, 1.807) is 54.5 Å². The number of ether oxygens (including phenoxy) is 2. The summed E-state index contributed by atoms with van der Waals surface area (Å²) in [5.74, 6) is 2.88. The van der Waals surface area contributed by atoms with Gasteiger partial charge in [-0.1, -0.05) is 12.0 Å². The molecule has 1 fully saturated rings. The van der Waals surface area contributed by atoms with Crippen LogP contribution in [-0.4, -0.2) is 32.6 Å². The summed E-state index contributed by atoms with van der Waals surface area (Å²) in [4.78, 5) is 26.6. The first-order valence-electron chi connectivity index (χ1n) is 8.45. The number of rotatable bonds is 5. The van der Waals surface area contributed by atoms with Gasteiger partial charge in [-0.05, 0) is 30.3 Å². The molecule has 2 aromatic rings. The minimum Gasteiger partial charge on any atom is -0.493 e. The van der Waals surface area contributed by atoms with Crippen LogP contribution in [0.15, 0.2) is 42.5 Å². The van der Waals surface area contributed by atoms with Gasteiger partial charge in [0.2, 0.25) is 11.8 Å². The summed E-state index contributed by atoms with van der Waals surface area (Å²) in [6.45, 7) is 0.301. The normalized spacial score (nSPS) is 16.0. The fraction of sp³-hybridized carbons (Fsp3) is 0.238. The molecule has 6 heteroatoms. The van der Waals surface area contributed by atoms with E-state index in [-0.39, 0.29) is 18.2 Å². The van der Waals surface area contributed by atoms with Crippen molar-refractivity contribution in [1.82, 2.24) is 0 Å². The maximum atomic E-state index is 12.6. The van der Waals surface area contributed by atoms with Gasteiger partial charge in [0, 0.05) is 36.0 Å². The molecule has 0 spiro atoms. The van der Waals surface area contributed by atoms with Gasteiger partial charge in [0.05, 0.1) is 20.1 Å². The second kappa shape index (κ2) is 7.83. The number of anilines is 2. The third-order valence-corrected chi connectivity index (χ3v) is 4.47. The summed E-state index contributed by atoms with van der Waals surface area (Å²) < 4.78 is 10.5. The molecule has 3 rings (SSSR count). The van der Waals surface area contributed by atoms with E-state index in [0.29, 0.717) is 35.0 Å². The zero-order valence-corrected chi connectivity index (χ0v) is 15.2. The van der Waals surface area contributed by atoms with Crippen molar-refractivity contribution in [3.8, 4) is 23.8 Å². The third-order valence-electron chi connectivity index (χ3n) is 4.47. The number of benzene rings is 2. The topological polar surface area (TPSA) is 67.9 Å². The molecule has 0 aromatic heterocycles. The van der Waals surface area contributed by atoms with Crippen molar-refractivity contribution in [2.75, 3.05) is 31.0 Å². The molecule has 1 heterocycles. The first kappa shape index (κ1) is 18.3. The van der Waals surface area contributed by atoms with Gasteiger partial charge in [-0.15, -0.1) is 6.42 Å². The average molecular weight is 364 g/mol. The monoisotopic (exact) mass is 364 g/mol. The van der Waals surface area contributed by atoms with Crippen LogP contribution in [0.2, 0.25) is 0 Å². The fourth-order valence-corrected chi connectivity index (χ4v) is 3.06. The van der Waals surface area contributed by atoms with Crippen LogP contribution >= 0.6 is 0 Å². The van der Waals surface area contributed by atoms with Crippen LogP contribution in [0.1, 0.15) is 12.0 Å². The van der Waals surface area contributed by atoms with Crippen molar-refractivity contribution in [3.05, 3.63) is 48.0 Å². The molecular formula is C21H20N2O4. The molecule has 27 heavy (non-hydrogen) atoms. The number of carbonyl (C=O) groups is 2. The Balaban J connectivity index is 1.73. The Morgan fingerprint density at radius 2 is 1.96 bits per heavy atom. The number of nitrogens with one attached hydrogen (secondary N) is 1. The average Bonchev–Trinajstić information content (AvgIpc) is 3.09. The summed E-state index contributed by atoms with van der Waals surface area (Å²) in [6, 6.07) is 12.3. The second-order valence-corrected chi connectivity index (χ2v) is 6.16. The highest BCUT2D eigenvalue weighted by Gasteiger charge is 2.35. The number of terminal acetylenes is 1. The molecule has 0 saturated carbocycles. The minimum atomic E-state index is -0.444. The number of amides is 2. The maximum absolute atomic E-state index is 12.6. The summed E-state index contributed by atoms with van der Waals surface area (Å²) in [7, 11) is 3.09.